The predicted octanol–water partition coefficient (Wildman–Crippen LogP) is 3.38. The molecule has 2 atom stereocenters. The summed E-state index contributed by atoms with van der Waals surface area (Å²) in [7, 11) is 3.07. The zero-order chi connectivity index (χ0) is 20.1. The van der Waals surface area contributed by atoms with Gasteiger partial charge in [0, 0.05) is 30.2 Å². The molecule has 1 N–H and O–H groups in total. The van der Waals surface area contributed by atoms with E-state index in [0.29, 0.717) is 34.9 Å². The number of nitro groups is 1. The molecule has 1 saturated heterocycles. The SMILES string of the molecule is COc1ccc(N2C(=O)NC3CC2(C)Oc2ccc([N+](=O)[O-])cc23)c(OC)c1. The van der Waals surface area contributed by atoms with Crippen molar-refractivity contribution in [2.45, 2.75) is 25.1 Å². The Morgan fingerprint density at radius 2 is 2.04 bits per heavy atom. The number of hydrogen-bond donors (Lipinski definition) is 1. The third kappa shape index (κ3) is 2.67. The second kappa shape index (κ2) is 6.29. The normalized spacial score (nSPS) is 22.6. The van der Waals surface area contributed by atoms with E-state index in [9.17, 15) is 14.9 Å². The molecule has 0 aromatic heterocycles. The summed E-state index contributed by atoms with van der Waals surface area (Å²) >= 11 is 0. The Hall–Kier alpha value is -3.49. The lowest BCUT2D eigenvalue weighted by Gasteiger charge is -2.50. The Morgan fingerprint density at radius 1 is 1.25 bits per heavy atom. The number of nitro benzene ring substituents is 1. The molecular formula is C19H19N3O6. The molecule has 0 aliphatic carbocycles. The van der Waals surface area contributed by atoms with Gasteiger partial charge in [-0.1, -0.05) is 0 Å². The second-order valence-electron chi connectivity index (χ2n) is 6.84. The monoisotopic (exact) mass is 385 g/mol. The van der Waals surface area contributed by atoms with Crippen LogP contribution in [0.4, 0.5) is 16.2 Å². The number of urea groups is 1. The molecule has 1 fully saturated rings. The molecule has 2 bridgehead atoms. The van der Waals surface area contributed by atoms with E-state index in [1.807, 2.05) is 6.92 Å². The molecule has 9 nitrogen and oxygen atoms in total. The first-order valence-electron chi connectivity index (χ1n) is 8.66. The standard InChI is InChI=1S/C19H19N3O6/c1-19-10-14(13-8-11(22(24)25)4-7-16(13)28-19)20-18(23)21(19)15-6-5-12(26-2)9-17(15)27-3/h4-9,14H,10H2,1-3H3,(H,20,23). The number of rotatable bonds is 4. The summed E-state index contributed by atoms with van der Waals surface area (Å²) in [5.41, 5.74) is 0.103. The third-order valence-electron chi connectivity index (χ3n) is 5.09. The van der Waals surface area contributed by atoms with Gasteiger partial charge in [0.05, 0.1) is 30.9 Å². The minimum Gasteiger partial charge on any atom is -0.497 e. The molecule has 2 amide bonds. The van der Waals surface area contributed by atoms with Gasteiger partial charge in [-0.25, -0.2) is 4.79 Å². The Bertz CT molecular complexity index is 978. The zero-order valence-corrected chi connectivity index (χ0v) is 15.6. The average Bonchev–Trinajstić information content (AvgIpc) is 2.67. The fourth-order valence-electron chi connectivity index (χ4n) is 3.81. The lowest BCUT2D eigenvalue weighted by Crippen LogP contribution is -2.65. The van der Waals surface area contributed by atoms with Gasteiger partial charge in [0.15, 0.2) is 5.72 Å². The second-order valence-corrected chi connectivity index (χ2v) is 6.84. The molecule has 4 rings (SSSR count). The van der Waals surface area contributed by atoms with Crippen molar-refractivity contribution in [2.75, 3.05) is 19.1 Å². The molecule has 2 aliphatic heterocycles. The van der Waals surface area contributed by atoms with Crippen LogP contribution < -0.4 is 24.4 Å². The number of amides is 2. The maximum absolute atomic E-state index is 13.0. The zero-order valence-electron chi connectivity index (χ0n) is 15.6. The number of fused-ring (bicyclic) bond motifs is 4. The molecule has 2 unspecified atom stereocenters. The van der Waals surface area contributed by atoms with Crippen LogP contribution in [0.2, 0.25) is 0 Å². The highest BCUT2D eigenvalue weighted by atomic mass is 16.6. The highest BCUT2D eigenvalue weighted by Gasteiger charge is 2.50. The number of benzene rings is 2. The quantitative estimate of drug-likeness (QED) is 0.639. The third-order valence-corrected chi connectivity index (χ3v) is 5.09. The van der Waals surface area contributed by atoms with Crippen LogP contribution in [0, 0.1) is 10.1 Å². The minimum absolute atomic E-state index is 0.0422. The van der Waals surface area contributed by atoms with Crippen LogP contribution in [-0.4, -0.2) is 30.9 Å². The molecule has 0 saturated carbocycles. The highest BCUT2D eigenvalue weighted by Crippen LogP contribution is 2.48. The fourth-order valence-corrected chi connectivity index (χ4v) is 3.81. The molecule has 9 heteroatoms. The van der Waals surface area contributed by atoms with Gasteiger partial charge in [-0.2, -0.15) is 0 Å². The van der Waals surface area contributed by atoms with Gasteiger partial charge in [0.25, 0.3) is 5.69 Å². The number of methoxy groups -OCH3 is 2. The van der Waals surface area contributed by atoms with Crippen molar-refractivity contribution in [2.24, 2.45) is 0 Å². The van der Waals surface area contributed by atoms with Gasteiger partial charge < -0.3 is 19.5 Å². The molecule has 0 radical (unpaired) electrons. The van der Waals surface area contributed by atoms with Crippen LogP contribution in [0.15, 0.2) is 36.4 Å². The molecule has 146 valence electrons. The van der Waals surface area contributed by atoms with E-state index in [1.54, 1.807) is 31.4 Å². The Labute approximate surface area is 160 Å². The van der Waals surface area contributed by atoms with Crippen LogP contribution in [0.3, 0.4) is 0 Å². The number of carbonyl (C=O) groups is 1. The van der Waals surface area contributed by atoms with Gasteiger partial charge in [0.1, 0.15) is 17.2 Å². The van der Waals surface area contributed by atoms with E-state index in [1.165, 1.54) is 24.1 Å². The summed E-state index contributed by atoms with van der Waals surface area (Å²) < 4.78 is 16.8. The molecule has 2 aromatic rings. The summed E-state index contributed by atoms with van der Waals surface area (Å²) in [6.07, 6.45) is 0.419. The topological polar surface area (TPSA) is 103 Å². The molecule has 0 spiro atoms. The van der Waals surface area contributed by atoms with Crippen LogP contribution in [0.25, 0.3) is 0 Å². The van der Waals surface area contributed by atoms with Crippen molar-refractivity contribution in [3.63, 3.8) is 0 Å². The van der Waals surface area contributed by atoms with Gasteiger partial charge >= 0.3 is 6.03 Å². The lowest BCUT2D eigenvalue weighted by atomic mass is 9.89. The maximum atomic E-state index is 13.0. The molecule has 28 heavy (non-hydrogen) atoms. The van der Waals surface area contributed by atoms with Crippen molar-refractivity contribution in [3.05, 3.63) is 52.1 Å². The lowest BCUT2D eigenvalue weighted by molar-refractivity contribution is -0.385. The van der Waals surface area contributed by atoms with E-state index in [0.717, 1.165) is 0 Å². The van der Waals surface area contributed by atoms with Crippen LogP contribution in [0.1, 0.15) is 24.9 Å². The first-order valence-corrected chi connectivity index (χ1v) is 8.66. The number of nitrogens with one attached hydrogen (secondary N) is 1. The summed E-state index contributed by atoms with van der Waals surface area (Å²) in [5.74, 6) is 1.57. The number of carbonyl (C=O) groups excluding carboxylic acids is 1. The van der Waals surface area contributed by atoms with Gasteiger partial charge in [-0.3, -0.25) is 15.0 Å². The Balaban J connectivity index is 1.78. The highest BCUT2D eigenvalue weighted by molar-refractivity contribution is 5.96. The predicted molar refractivity (Wildman–Crippen MR) is 100 cm³/mol. The van der Waals surface area contributed by atoms with E-state index >= 15 is 0 Å². The van der Waals surface area contributed by atoms with Crippen molar-refractivity contribution in [1.29, 1.82) is 0 Å². The molecule has 2 heterocycles. The van der Waals surface area contributed by atoms with Crippen molar-refractivity contribution in [3.8, 4) is 17.2 Å². The van der Waals surface area contributed by atoms with Crippen molar-refractivity contribution in [1.82, 2.24) is 5.32 Å². The summed E-state index contributed by atoms with van der Waals surface area (Å²) in [6, 6.07) is 8.81. The van der Waals surface area contributed by atoms with Crippen LogP contribution in [-0.2, 0) is 0 Å². The number of non-ortho nitro benzene ring substituents is 1. The van der Waals surface area contributed by atoms with E-state index < -0.39 is 10.6 Å². The number of ether oxygens (including phenoxy) is 3. The Kier molecular flexibility index (Phi) is 4.02. The first-order chi connectivity index (χ1) is 13.4. The minimum atomic E-state index is -0.988. The van der Waals surface area contributed by atoms with Crippen LogP contribution >= 0.6 is 0 Å². The molecular weight excluding hydrogens is 366 g/mol. The number of nitrogens with zero attached hydrogens (tertiary/aromatic N) is 2. The summed E-state index contributed by atoms with van der Waals surface area (Å²) in [4.78, 5) is 25.1. The van der Waals surface area contributed by atoms with Gasteiger partial charge in [0.2, 0.25) is 0 Å². The van der Waals surface area contributed by atoms with E-state index in [4.69, 9.17) is 14.2 Å². The summed E-state index contributed by atoms with van der Waals surface area (Å²) in [6.45, 7) is 1.81. The molecule has 2 aromatic carbocycles. The smallest absolute Gasteiger partial charge is 0.325 e. The van der Waals surface area contributed by atoms with Crippen LogP contribution in [0.5, 0.6) is 17.2 Å². The van der Waals surface area contributed by atoms with E-state index in [-0.39, 0.29) is 17.8 Å². The average molecular weight is 385 g/mol. The maximum Gasteiger partial charge on any atom is 0.325 e. The largest absolute Gasteiger partial charge is 0.497 e. The van der Waals surface area contributed by atoms with Crippen molar-refractivity contribution >= 4 is 17.4 Å². The molecule has 2 aliphatic rings. The first kappa shape index (κ1) is 17.9. The van der Waals surface area contributed by atoms with Gasteiger partial charge in [-0.05, 0) is 25.1 Å². The fraction of sp³-hybridized carbons (Fsp3) is 0.316. The summed E-state index contributed by atoms with van der Waals surface area (Å²) in [5, 5.41) is 14.0. The van der Waals surface area contributed by atoms with E-state index in [2.05, 4.69) is 5.32 Å². The van der Waals surface area contributed by atoms with Crippen molar-refractivity contribution < 1.29 is 23.9 Å². The number of hydrogen-bond acceptors (Lipinski definition) is 6. The van der Waals surface area contributed by atoms with Gasteiger partial charge in [-0.15, -0.1) is 0 Å². The Morgan fingerprint density at radius 3 is 2.71 bits per heavy atom. The number of anilines is 1.